The molecule has 0 radical (unpaired) electrons. The zero-order valence-corrected chi connectivity index (χ0v) is 16.7. The van der Waals surface area contributed by atoms with E-state index in [0.717, 1.165) is 36.3 Å². The van der Waals surface area contributed by atoms with Crippen LogP contribution in [0.15, 0.2) is 42.5 Å². The zero-order valence-electron chi connectivity index (χ0n) is 16.7. The lowest BCUT2D eigenvalue weighted by molar-refractivity contribution is -0.125. The molecule has 0 spiro atoms. The Hall–Kier alpha value is -2.82. The van der Waals surface area contributed by atoms with Crippen LogP contribution in [0.1, 0.15) is 36.0 Å². The summed E-state index contributed by atoms with van der Waals surface area (Å²) in [6.45, 7) is 5.38. The Balaban J connectivity index is 1.33. The van der Waals surface area contributed by atoms with Crippen molar-refractivity contribution in [1.29, 1.82) is 0 Å². The second kappa shape index (κ2) is 9.40. The molecule has 1 aliphatic heterocycles. The second-order valence-electron chi connectivity index (χ2n) is 7.28. The number of unbranched alkanes of at least 4 members (excludes halogenated alkanes) is 1. The first-order valence-corrected chi connectivity index (χ1v) is 9.89. The summed E-state index contributed by atoms with van der Waals surface area (Å²) in [6.07, 6.45) is 2.81. The van der Waals surface area contributed by atoms with Crippen molar-refractivity contribution < 1.29 is 14.3 Å². The Kier molecular flexibility index (Phi) is 6.69. The molecule has 0 unspecified atom stereocenters. The highest BCUT2D eigenvalue weighted by atomic mass is 16.5. The number of nitrogens with zero attached hydrogens (tertiary/aromatic N) is 1. The van der Waals surface area contributed by atoms with E-state index in [1.165, 1.54) is 11.1 Å². The molecule has 3 rings (SSSR count). The molecule has 0 atom stereocenters. The second-order valence-corrected chi connectivity index (χ2v) is 7.28. The van der Waals surface area contributed by atoms with Crippen molar-refractivity contribution in [3.05, 3.63) is 59.2 Å². The number of hydrogen-bond donors (Lipinski definition) is 1. The third-order valence-electron chi connectivity index (χ3n) is 5.02. The normalized spacial score (nSPS) is 12.6. The van der Waals surface area contributed by atoms with Crippen LogP contribution in [0.5, 0.6) is 5.75 Å². The van der Waals surface area contributed by atoms with Gasteiger partial charge >= 0.3 is 0 Å². The van der Waals surface area contributed by atoms with Gasteiger partial charge < -0.3 is 15.0 Å². The summed E-state index contributed by atoms with van der Waals surface area (Å²) in [4.78, 5) is 26.2. The lowest BCUT2D eigenvalue weighted by Gasteiger charge is -2.17. The van der Waals surface area contributed by atoms with Gasteiger partial charge in [-0.2, -0.15) is 0 Å². The minimum absolute atomic E-state index is 0.0478. The van der Waals surface area contributed by atoms with Crippen LogP contribution in [0, 0.1) is 13.8 Å². The number of fused-ring (bicyclic) bond motifs is 1. The lowest BCUT2D eigenvalue weighted by atomic mass is 10.1. The largest absolute Gasteiger partial charge is 0.493 e. The van der Waals surface area contributed by atoms with E-state index < -0.39 is 0 Å². The average Bonchev–Trinajstić information content (AvgIpc) is 3.12. The summed E-state index contributed by atoms with van der Waals surface area (Å²) in [5, 5.41) is 2.74. The average molecular weight is 380 g/mol. The molecule has 148 valence electrons. The van der Waals surface area contributed by atoms with Gasteiger partial charge in [0.05, 0.1) is 13.2 Å². The van der Waals surface area contributed by atoms with Crippen LogP contribution in [-0.2, 0) is 16.0 Å². The van der Waals surface area contributed by atoms with Gasteiger partial charge in [-0.15, -0.1) is 0 Å². The molecule has 1 heterocycles. The van der Waals surface area contributed by atoms with Crippen molar-refractivity contribution in [1.82, 2.24) is 5.32 Å². The molecule has 0 aliphatic carbocycles. The zero-order chi connectivity index (χ0) is 19.9. The van der Waals surface area contributed by atoms with Crippen LogP contribution in [0.3, 0.4) is 0 Å². The molecular formula is C23H28N2O3. The van der Waals surface area contributed by atoms with Crippen LogP contribution in [0.25, 0.3) is 0 Å². The first-order chi connectivity index (χ1) is 13.5. The quantitative estimate of drug-likeness (QED) is 0.713. The monoisotopic (exact) mass is 380 g/mol. The smallest absolute Gasteiger partial charge is 0.246 e. The molecule has 0 saturated heterocycles. The number of para-hydroxylation sites is 1. The van der Waals surface area contributed by atoms with Gasteiger partial charge in [-0.3, -0.25) is 9.59 Å². The molecule has 0 saturated carbocycles. The first-order valence-electron chi connectivity index (χ1n) is 9.89. The third-order valence-corrected chi connectivity index (χ3v) is 5.02. The number of amides is 2. The van der Waals surface area contributed by atoms with Crippen molar-refractivity contribution in [3.8, 4) is 5.75 Å². The van der Waals surface area contributed by atoms with E-state index in [0.29, 0.717) is 19.6 Å². The number of nitrogens with one attached hydrogen (secondary N) is 1. The van der Waals surface area contributed by atoms with Gasteiger partial charge in [0, 0.05) is 18.7 Å². The highest BCUT2D eigenvalue weighted by Crippen LogP contribution is 2.27. The molecule has 1 N–H and O–H groups in total. The maximum atomic E-state index is 12.4. The number of rotatable bonds is 8. The highest BCUT2D eigenvalue weighted by Gasteiger charge is 2.23. The van der Waals surface area contributed by atoms with E-state index in [1.807, 2.05) is 50.2 Å². The fourth-order valence-electron chi connectivity index (χ4n) is 3.39. The molecule has 2 aromatic rings. The van der Waals surface area contributed by atoms with E-state index in [2.05, 4.69) is 11.4 Å². The van der Waals surface area contributed by atoms with Gasteiger partial charge in [-0.25, -0.2) is 0 Å². The molecule has 28 heavy (non-hydrogen) atoms. The lowest BCUT2D eigenvalue weighted by Crippen LogP contribution is -2.39. The summed E-state index contributed by atoms with van der Waals surface area (Å²) in [5.41, 5.74) is 4.44. The van der Waals surface area contributed by atoms with Gasteiger partial charge in [0.25, 0.3) is 0 Å². The molecule has 2 aromatic carbocycles. The first kappa shape index (κ1) is 19.9. The van der Waals surface area contributed by atoms with E-state index in [-0.39, 0.29) is 18.4 Å². The van der Waals surface area contributed by atoms with E-state index in [1.54, 1.807) is 4.90 Å². The van der Waals surface area contributed by atoms with Gasteiger partial charge in [-0.1, -0.05) is 30.3 Å². The molecule has 1 aliphatic rings. The summed E-state index contributed by atoms with van der Waals surface area (Å²) < 4.78 is 5.81. The summed E-state index contributed by atoms with van der Waals surface area (Å²) >= 11 is 0. The van der Waals surface area contributed by atoms with Crippen molar-refractivity contribution >= 4 is 17.5 Å². The summed E-state index contributed by atoms with van der Waals surface area (Å²) in [7, 11) is 0. The standard InChI is InChI=1S/C23H28N2O3/c1-17-10-11-18(2)21(15-17)28-14-6-5-9-22(26)24-16-23(27)25-13-12-19-7-3-4-8-20(19)25/h3-4,7-8,10-11,15H,5-6,9,12-14,16H2,1-2H3,(H,24,26). The van der Waals surface area contributed by atoms with E-state index in [9.17, 15) is 9.59 Å². The Bertz CT molecular complexity index is 847. The van der Waals surface area contributed by atoms with E-state index >= 15 is 0 Å². The third kappa shape index (κ3) is 5.12. The molecule has 0 aromatic heterocycles. The minimum Gasteiger partial charge on any atom is -0.493 e. The fraction of sp³-hybridized carbons (Fsp3) is 0.391. The van der Waals surface area contributed by atoms with Crippen molar-refractivity contribution in [3.63, 3.8) is 0 Å². The van der Waals surface area contributed by atoms with Gasteiger partial charge in [0.15, 0.2) is 0 Å². The number of benzene rings is 2. The van der Waals surface area contributed by atoms with Crippen LogP contribution < -0.4 is 15.0 Å². The van der Waals surface area contributed by atoms with Gasteiger partial charge in [0.1, 0.15) is 5.75 Å². The number of ether oxygens (including phenoxy) is 1. The van der Waals surface area contributed by atoms with Gasteiger partial charge in [0.2, 0.25) is 11.8 Å². The molecule has 5 heteroatoms. The number of anilines is 1. The van der Waals surface area contributed by atoms with E-state index in [4.69, 9.17) is 4.74 Å². The van der Waals surface area contributed by atoms with Crippen LogP contribution in [0.4, 0.5) is 5.69 Å². The SMILES string of the molecule is Cc1ccc(C)c(OCCCCC(=O)NCC(=O)N2CCc3ccccc32)c1. The maximum Gasteiger partial charge on any atom is 0.246 e. The Morgan fingerprint density at radius 3 is 2.79 bits per heavy atom. The Labute approximate surface area is 166 Å². The Morgan fingerprint density at radius 2 is 1.93 bits per heavy atom. The predicted molar refractivity (Wildman–Crippen MR) is 111 cm³/mol. The summed E-state index contributed by atoms with van der Waals surface area (Å²) in [5.74, 6) is 0.755. The Morgan fingerprint density at radius 1 is 1.11 bits per heavy atom. The topological polar surface area (TPSA) is 58.6 Å². The van der Waals surface area contributed by atoms with Crippen molar-refractivity contribution in [2.45, 2.75) is 39.5 Å². The summed E-state index contributed by atoms with van der Waals surface area (Å²) in [6, 6.07) is 14.1. The highest BCUT2D eigenvalue weighted by molar-refractivity contribution is 5.98. The molecule has 5 nitrogen and oxygen atoms in total. The van der Waals surface area contributed by atoms with Crippen LogP contribution in [-0.4, -0.2) is 31.5 Å². The predicted octanol–water partition coefficient (Wildman–Crippen LogP) is 3.56. The number of carbonyl (C=O) groups is 2. The van der Waals surface area contributed by atoms with Crippen LogP contribution in [0.2, 0.25) is 0 Å². The van der Waals surface area contributed by atoms with Crippen LogP contribution >= 0.6 is 0 Å². The molecule has 2 amide bonds. The number of carbonyl (C=O) groups excluding carboxylic acids is 2. The molecule has 0 fully saturated rings. The number of hydrogen-bond acceptors (Lipinski definition) is 3. The van der Waals surface area contributed by atoms with Crippen molar-refractivity contribution in [2.75, 3.05) is 24.6 Å². The molecule has 0 bridgehead atoms. The number of aryl methyl sites for hydroxylation is 2. The van der Waals surface area contributed by atoms with Crippen molar-refractivity contribution in [2.24, 2.45) is 0 Å². The fourth-order valence-corrected chi connectivity index (χ4v) is 3.39. The van der Waals surface area contributed by atoms with Gasteiger partial charge in [-0.05, 0) is 61.9 Å². The minimum atomic E-state index is -0.0902. The molecular weight excluding hydrogens is 352 g/mol. The maximum absolute atomic E-state index is 12.4.